The molecule has 0 radical (unpaired) electrons. The summed E-state index contributed by atoms with van der Waals surface area (Å²) in [6.45, 7) is 4.29. The minimum atomic E-state index is -0.564. The number of nitrogens with zero attached hydrogens (tertiary/aromatic N) is 4. The first-order valence-corrected chi connectivity index (χ1v) is 20.3. The molecule has 2 aliphatic heterocycles. The summed E-state index contributed by atoms with van der Waals surface area (Å²) in [5, 5.41) is 5.22. The minimum absolute atomic E-state index is 0. The van der Waals surface area contributed by atoms with Gasteiger partial charge in [0.05, 0.1) is 44.1 Å². The van der Waals surface area contributed by atoms with E-state index in [1.807, 2.05) is 59.2 Å². The molecule has 4 heterocycles. The highest BCUT2D eigenvalue weighted by Crippen LogP contribution is 2.31. The van der Waals surface area contributed by atoms with Crippen LogP contribution in [0.3, 0.4) is 0 Å². The molecule has 4 aromatic carbocycles. The average Bonchev–Trinajstić information content (AvgIpc) is 4.09. The third-order valence-corrected chi connectivity index (χ3v) is 10.1. The van der Waals surface area contributed by atoms with Gasteiger partial charge in [0.2, 0.25) is 11.8 Å². The smallest absolute Gasteiger partial charge is 0.414 e. The number of rotatable bonds is 11. The number of benzene rings is 4. The molecule has 6 aromatic rings. The predicted octanol–water partition coefficient (Wildman–Crippen LogP) is 7.71. The number of anilines is 4. The molecule has 0 spiro atoms. The summed E-state index contributed by atoms with van der Waals surface area (Å²) in [7, 11) is 0. The van der Waals surface area contributed by atoms with Gasteiger partial charge in [0, 0.05) is 49.4 Å². The first-order chi connectivity index (χ1) is 30.3. The summed E-state index contributed by atoms with van der Waals surface area (Å²) in [6, 6.07) is 27.7. The van der Waals surface area contributed by atoms with Crippen LogP contribution in [0.2, 0.25) is 0 Å². The summed E-state index contributed by atoms with van der Waals surface area (Å²) in [5.74, 6) is 0.278. The minimum Gasteiger partial charge on any atom is -0.442 e. The van der Waals surface area contributed by atoms with E-state index in [0.29, 0.717) is 40.9 Å². The third kappa shape index (κ3) is 12.6. The molecule has 15 nitrogen and oxygen atoms in total. The van der Waals surface area contributed by atoms with Crippen LogP contribution < -0.4 is 31.9 Å². The molecule has 0 saturated carbocycles. The molecule has 336 valence electrons. The van der Waals surface area contributed by atoms with Gasteiger partial charge in [0.1, 0.15) is 29.7 Å². The van der Waals surface area contributed by atoms with Crippen molar-refractivity contribution in [3.63, 3.8) is 0 Å². The molecular weight excluding hydrogens is 848 g/mol. The Labute approximate surface area is 374 Å². The summed E-state index contributed by atoms with van der Waals surface area (Å²) in [6.07, 6.45) is 3.16. The fourth-order valence-electron chi connectivity index (χ4n) is 6.58. The van der Waals surface area contributed by atoms with Crippen LogP contribution in [0.1, 0.15) is 32.4 Å². The van der Waals surface area contributed by atoms with Crippen molar-refractivity contribution in [3.05, 3.63) is 138 Å². The number of cyclic esters (lactones) is 2. The number of aromatic nitrogens is 3. The molecule has 0 aliphatic carbocycles. The number of aromatic amines is 1. The fraction of sp³-hybridized carbons (Fsp3) is 0.239. The second kappa shape index (κ2) is 22.1. The lowest BCUT2D eigenvalue weighted by atomic mass is 10.0. The summed E-state index contributed by atoms with van der Waals surface area (Å²) >= 11 is 5.77. The zero-order valence-corrected chi connectivity index (χ0v) is 35.1. The van der Waals surface area contributed by atoms with Crippen LogP contribution in [0.5, 0.6) is 0 Å². The van der Waals surface area contributed by atoms with Crippen molar-refractivity contribution >= 4 is 58.7 Å². The number of halogens is 3. The molecule has 18 heteroatoms. The Morgan fingerprint density at radius 1 is 0.766 bits per heavy atom. The molecule has 2 saturated heterocycles. The molecule has 2 fully saturated rings. The molecule has 0 bridgehead atoms. The van der Waals surface area contributed by atoms with E-state index in [1.165, 1.54) is 35.8 Å². The molecule has 2 aromatic heterocycles. The van der Waals surface area contributed by atoms with E-state index in [9.17, 15) is 28.0 Å². The summed E-state index contributed by atoms with van der Waals surface area (Å²) in [5.41, 5.74) is 16.1. The highest BCUT2D eigenvalue weighted by atomic mass is 35.5. The van der Waals surface area contributed by atoms with Crippen molar-refractivity contribution in [1.29, 1.82) is 0 Å². The van der Waals surface area contributed by atoms with Gasteiger partial charge in [-0.15, -0.1) is 11.6 Å². The second-order valence-electron chi connectivity index (χ2n) is 14.5. The number of nitrogen functional groups attached to an aromatic ring is 2. The quantitative estimate of drug-likeness (QED) is 0.0808. The second-order valence-corrected chi connectivity index (χ2v) is 14.8. The maximum absolute atomic E-state index is 14.9. The molecule has 2 atom stereocenters. The zero-order chi connectivity index (χ0) is 45.0. The van der Waals surface area contributed by atoms with Crippen LogP contribution in [0.25, 0.3) is 22.3 Å². The monoisotopic (exact) mass is 897 g/mol. The SMILES string of the molecule is C.CC(=O)NC[C@H]1CN(c2ccc(-c3ccc(CCl)cc3)c(F)c2)C(=O)O1.CC(=O)NC[C@H]1CN(c2ccc(-c3ccc(Cn4ccnc4N)cc3)c(F)c2)C(=O)O1.Nc1ccc[nH]1. The lowest BCUT2D eigenvalue weighted by Gasteiger charge is -2.15. The number of carbonyl (C=O) groups is 4. The topological polar surface area (TPSA) is 203 Å². The number of amides is 4. The van der Waals surface area contributed by atoms with E-state index in [-0.39, 0.29) is 45.4 Å². The maximum Gasteiger partial charge on any atom is 0.414 e. The van der Waals surface area contributed by atoms with Gasteiger partial charge in [0.15, 0.2) is 5.95 Å². The van der Waals surface area contributed by atoms with Crippen LogP contribution in [0.4, 0.5) is 41.5 Å². The highest BCUT2D eigenvalue weighted by Gasteiger charge is 2.34. The lowest BCUT2D eigenvalue weighted by molar-refractivity contribution is -0.120. The number of carbonyl (C=O) groups excluding carboxylic acids is 4. The summed E-state index contributed by atoms with van der Waals surface area (Å²) < 4.78 is 41.7. The number of ether oxygens (including phenoxy) is 2. The van der Waals surface area contributed by atoms with E-state index in [4.69, 9.17) is 32.5 Å². The van der Waals surface area contributed by atoms with Gasteiger partial charge in [-0.2, -0.15) is 0 Å². The van der Waals surface area contributed by atoms with Crippen LogP contribution in [0, 0.1) is 11.6 Å². The first kappa shape index (κ1) is 47.6. The maximum atomic E-state index is 14.9. The standard InChI is InChI=1S/C22H22FN5O3.C19H18ClFN2O3.C4H6N2.CH4/c1-14(29)26-11-18-13-28(22(30)31-18)17-6-7-19(20(23)10-17)16-4-2-15(3-5-16)12-27-9-8-25-21(27)24;1-12(24)22-10-16-11-23(19(25)26-16)15-6-7-17(18(21)8-15)14-4-2-13(9-20)3-5-14;5-4-2-1-3-6-4;/h2-10,18H,11-13H2,1H3,(H2,24,25)(H,26,29);2-8,16H,9-11H2,1H3,(H,22,24);1-3,6H,5H2;1H4/t18-;16-;;/m00../s1. The van der Waals surface area contributed by atoms with E-state index >= 15 is 0 Å². The number of nitrogens with one attached hydrogen (secondary N) is 3. The number of hydrogen-bond donors (Lipinski definition) is 5. The number of nitrogens with two attached hydrogens (primary N) is 2. The van der Waals surface area contributed by atoms with Crippen LogP contribution in [-0.2, 0) is 31.5 Å². The van der Waals surface area contributed by atoms with Gasteiger partial charge >= 0.3 is 12.2 Å². The van der Waals surface area contributed by atoms with E-state index in [2.05, 4.69) is 20.6 Å². The van der Waals surface area contributed by atoms with E-state index < -0.39 is 36.0 Å². The van der Waals surface area contributed by atoms with Gasteiger partial charge in [0.25, 0.3) is 0 Å². The van der Waals surface area contributed by atoms with Gasteiger partial charge in [-0.25, -0.2) is 23.4 Å². The Morgan fingerprint density at radius 2 is 1.25 bits per heavy atom. The summed E-state index contributed by atoms with van der Waals surface area (Å²) in [4.78, 5) is 55.7. The molecule has 7 N–H and O–H groups in total. The lowest BCUT2D eigenvalue weighted by Crippen LogP contribution is -2.33. The predicted molar refractivity (Wildman–Crippen MR) is 244 cm³/mol. The highest BCUT2D eigenvalue weighted by molar-refractivity contribution is 6.17. The molecule has 2 aliphatic rings. The van der Waals surface area contributed by atoms with Gasteiger partial charge in [-0.05, 0) is 70.8 Å². The molecular formula is C46H50ClF2N9O6. The first-order valence-electron chi connectivity index (χ1n) is 19.7. The number of imidazole rings is 1. The normalized spacial score (nSPS) is 15.1. The molecule has 4 amide bonds. The van der Waals surface area contributed by atoms with Crippen molar-refractivity contribution in [1.82, 2.24) is 25.2 Å². The zero-order valence-electron chi connectivity index (χ0n) is 34.4. The van der Waals surface area contributed by atoms with Crippen molar-refractivity contribution < 1.29 is 37.4 Å². The Kier molecular flexibility index (Phi) is 16.5. The van der Waals surface area contributed by atoms with Crippen molar-refractivity contribution in [3.8, 4) is 22.3 Å². The largest absolute Gasteiger partial charge is 0.442 e. The van der Waals surface area contributed by atoms with Gasteiger partial charge in [-0.3, -0.25) is 19.4 Å². The number of hydrogen-bond acceptors (Lipinski definition) is 9. The van der Waals surface area contributed by atoms with Crippen LogP contribution in [0.15, 0.2) is 116 Å². The van der Waals surface area contributed by atoms with Crippen LogP contribution >= 0.6 is 11.6 Å². The van der Waals surface area contributed by atoms with Gasteiger partial charge in [-0.1, -0.05) is 56.0 Å². The Hall–Kier alpha value is -7.40. The van der Waals surface area contributed by atoms with Crippen molar-refractivity contribution in [2.45, 2.75) is 45.9 Å². The average molecular weight is 898 g/mol. The van der Waals surface area contributed by atoms with Gasteiger partial charge < -0.3 is 41.1 Å². The molecule has 0 unspecified atom stereocenters. The molecule has 8 rings (SSSR count). The van der Waals surface area contributed by atoms with Crippen LogP contribution in [-0.4, -0.2) is 76.9 Å². The Bertz CT molecular complexity index is 2520. The molecule has 64 heavy (non-hydrogen) atoms. The van der Waals surface area contributed by atoms with E-state index in [1.54, 1.807) is 48.9 Å². The van der Waals surface area contributed by atoms with Crippen molar-refractivity contribution in [2.24, 2.45) is 0 Å². The Morgan fingerprint density at radius 3 is 1.61 bits per heavy atom. The number of H-pyrrole nitrogens is 1. The third-order valence-electron chi connectivity index (χ3n) is 9.84. The van der Waals surface area contributed by atoms with E-state index in [0.717, 1.165) is 28.1 Å². The Balaban J connectivity index is 0.000000212. The number of alkyl halides is 1. The van der Waals surface area contributed by atoms with Crippen molar-refractivity contribution in [2.75, 3.05) is 47.4 Å². The fourth-order valence-corrected chi connectivity index (χ4v) is 6.76.